The van der Waals surface area contributed by atoms with Crippen LogP contribution in [0.5, 0.6) is 0 Å². The fourth-order valence-corrected chi connectivity index (χ4v) is 2.97. The molecule has 1 unspecified atom stereocenters. The lowest BCUT2D eigenvalue weighted by Crippen LogP contribution is -2.43. The van der Waals surface area contributed by atoms with Gasteiger partial charge in [-0.2, -0.15) is 5.10 Å². The van der Waals surface area contributed by atoms with Crippen molar-refractivity contribution >= 4 is 12.4 Å². The van der Waals surface area contributed by atoms with E-state index in [-0.39, 0.29) is 18.2 Å². The van der Waals surface area contributed by atoms with Gasteiger partial charge >= 0.3 is 0 Å². The molecule has 120 valence electrons. The van der Waals surface area contributed by atoms with Gasteiger partial charge in [0.15, 0.2) is 0 Å². The molecule has 0 aliphatic carbocycles. The molecule has 0 amide bonds. The Hall–Kier alpha value is -1.43. The molecule has 0 bridgehead atoms. The first-order chi connectivity index (χ1) is 10.3. The lowest BCUT2D eigenvalue weighted by Gasteiger charge is -2.32. The standard InChI is InChI=1S/C16H21FN4.ClH/c1-18-15-3-2-8-21(11-15)10-13-9-19-20-16(13)12-4-6-14(17)7-5-12;/h4-7,9,15,18H,2-3,8,10-11H2,1H3,(H,19,20);1H. The second-order valence-electron chi connectivity index (χ2n) is 5.64. The number of piperidine rings is 1. The Morgan fingerprint density at radius 3 is 2.86 bits per heavy atom. The summed E-state index contributed by atoms with van der Waals surface area (Å²) in [6.07, 6.45) is 4.33. The first kappa shape index (κ1) is 16.9. The highest BCUT2D eigenvalue weighted by Gasteiger charge is 2.20. The average molecular weight is 325 g/mol. The van der Waals surface area contributed by atoms with E-state index in [2.05, 4.69) is 20.4 Å². The van der Waals surface area contributed by atoms with Crippen molar-refractivity contribution < 1.29 is 4.39 Å². The molecule has 2 aromatic rings. The van der Waals surface area contributed by atoms with E-state index < -0.39 is 0 Å². The largest absolute Gasteiger partial charge is 0.316 e. The quantitative estimate of drug-likeness (QED) is 0.909. The smallest absolute Gasteiger partial charge is 0.123 e. The minimum absolute atomic E-state index is 0. The van der Waals surface area contributed by atoms with Gasteiger partial charge in [-0.05, 0) is 50.7 Å². The molecule has 2 N–H and O–H groups in total. The maximum Gasteiger partial charge on any atom is 0.123 e. The average Bonchev–Trinajstić information content (AvgIpc) is 2.96. The van der Waals surface area contributed by atoms with Gasteiger partial charge in [-0.25, -0.2) is 4.39 Å². The molecular weight excluding hydrogens is 303 g/mol. The van der Waals surface area contributed by atoms with Crippen LogP contribution in [0.15, 0.2) is 30.5 Å². The number of nitrogens with one attached hydrogen (secondary N) is 2. The maximum absolute atomic E-state index is 13.0. The van der Waals surface area contributed by atoms with Crippen LogP contribution in [0, 0.1) is 5.82 Å². The van der Waals surface area contributed by atoms with E-state index in [9.17, 15) is 4.39 Å². The number of hydrogen-bond acceptors (Lipinski definition) is 3. The number of H-pyrrole nitrogens is 1. The fourth-order valence-electron chi connectivity index (χ4n) is 2.97. The topological polar surface area (TPSA) is 44.0 Å². The van der Waals surface area contributed by atoms with Gasteiger partial charge in [0, 0.05) is 30.3 Å². The molecule has 1 aromatic heterocycles. The van der Waals surface area contributed by atoms with Gasteiger partial charge in [-0.1, -0.05) is 0 Å². The first-order valence-corrected chi connectivity index (χ1v) is 7.44. The van der Waals surface area contributed by atoms with Gasteiger partial charge in [-0.15, -0.1) is 12.4 Å². The Balaban J connectivity index is 0.00000176. The number of likely N-dealkylation sites (tertiary alicyclic amines) is 1. The third kappa shape index (κ3) is 3.85. The minimum Gasteiger partial charge on any atom is -0.316 e. The van der Waals surface area contributed by atoms with Gasteiger partial charge in [0.25, 0.3) is 0 Å². The molecule has 1 aromatic carbocycles. The molecular formula is C16H22ClFN4. The van der Waals surface area contributed by atoms with E-state index >= 15 is 0 Å². The van der Waals surface area contributed by atoms with Crippen molar-refractivity contribution in [3.63, 3.8) is 0 Å². The summed E-state index contributed by atoms with van der Waals surface area (Å²) in [5.41, 5.74) is 3.13. The lowest BCUT2D eigenvalue weighted by atomic mass is 10.0. The summed E-state index contributed by atoms with van der Waals surface area (Å²) in [5, 5.41) is 10.6. The van der Waals surface area contributed by atoms with E-state index in [4.69, 9.17) is 0 Å². The summed E-state index contributed by atoms with van der Waals surface area (Å²) in [4.78, 5) is 2.45. The van der Waals surface area contributed by atoms with Crippen molar-refractivity contribution in [2.45, 2.75) is 25.4 Å². The molecule has 3 rings (SSSR count). The Bertz CT molecular complexity index is 584. The summed E-state index contributed by atoms with van der Waals surface area (Å²) < 4.78 is 13.0. The van der Waals surface area contributed by atoms with Crippen LogP contribution >= 0.6 is 12.4 Å². The number of benzene rings is 1. The Kier molecular flexibility index (Phi) is 5.94. The van der Waals surface area contributed by atoms with Crippen LogP contribution in [0.2, 0.25) is 0 Å². The zero-order valence-electron chi connectivity index (χ0n) is 12.7. The molecule has 1 fully saturated rings. The first-order valence-electron chi connectivity index (χ1n) is 7.44. The van der Waals surface area contributed by atoms with E-state index in [1.807, 2.05) is 13.2 Å². The predicted octanol–water partition coefficient (Wildman–Crippen LogP) is 2.82. The van der Waals surface area contributed by atoms with Crippen molar-refractivity contribution in [3.05, 3.63) is 41.8 Å². The van der Waals surface area contributed by atoms with E-state index in [0.717, 1.165) is 30.9 Å². The molecule has 0 radical (unpaired) electrons. The fraction of sp³-hybridized carbons (Fsp3) is 0.438. The van der Waals surface area contributed by atoms with Crippen molar-refractivity contribution in [3.8, 4) is 11.3 Å². The molecule has 0 saturated carbocycles. The number of rotatable bonds is 4. The lowest BCUT2D eigenvalue weighted by molar-refractivity contribution is 0.188. The van der Waals surface area contributed by atoms with Gasteiger partial charge in [0.1, 0.15) is 5.82 Å². The summed E-state index contributed by atoms with van der Waals surface area (Å²) in [6, 6.07) is 7.12. The summed E-state index contributed by atoms with van der Waals surface area (Å²) in [6.45, 7) is 3.05. The van der Waals surface area contributed by atoms with Crippen molar-refractivity contribution in [2.24, 2.45) is 0 Å². The maximum atomic E-state index is 13.0. The second-order valence-corrected chi connectivity index (χ2v) is 5.64. The highest BCUT2D eigenvalue weighted by Crippen LogP contribution is 2.23. The van der Waals surface area contributed by atoms with E-state index in [1.54, 1.807) is 12.1 Å². The predicted molar refractivity (Wildman–Crippen MR) is 88.6 cm³/mol. The normalized spacial score (nSPS) is 18.9. The number of aromatic amines is 1. The highest BCUT2D eigenvalue weighted by molar-refractivity contribution is 5.85. The van der Waals surface area contributed by atoms with Crippen molar-refractivity contribution in [1.29, 1.82) is 0 Å². The van der Waals surface area contributed by atoms with E-state index in [0.29, 0.717) is 6.04 Å². The number of likely N-dealkylation sites (N-methyl/N-ethyl adjacent to an activating group) is 1. The van der Waals surface area contributed by atoms with Crippen molar-refractivity contribution in [1.82, 2.24) is 20.4 Å². The molecule has 1 aliphatic heterocycles. The molecule has 2 heterocycles. The number of halogens is 2. The van der Waals surface area contributed by atoms with E-state index in [1.165, 1.54) is 30.5 Å². The van der Waals surface area contributed by atoms with Crippen LogP contribution < -0.4 is 5.32 Å². The van der Waals surface area contributed by atoms with Crippen LogP contribution in [0.4, 0.5) is 4.39 Å². The van der Waals surface area contributed by atoms with Gasteiger partial charge in [-0.3, -0.25) is 10.00 Å². The van der Waals surface area contributed by atoms with Crippen LogP contribution in [-0.2, 0) is 6.54 Å². The second kappa shape index (κ2) is 7.72. The number of hydrogen-bond donors (Lipinski definition) is 2. The molecule has 1 aliphatic rings. The summed E-state index contributed by atoms with van der Waals surface area (Å²) in [7, 11) is 2.02. The van der Waals surface area contributed by atoms with Gasteiger partial charge < -0.3 is 5.32 Å². The summed E-state index contributed by atoms with van der Waals surface area (Å²) >= 11 is 0. The molecule has 4 nitrogen and oxygen atoms in total. The number of nitrogens with zero attached hydrogens (tertiary/aromatic N) is 2. The zero-order chi connectivity index (χ0) is 14.7. The molecule has 1 atom stereocenters. The van der Waals surface area contributed by atoms with Crippen LogP contribution in [0.25, 0.3) is 11.3 Å². The Labute approximate surface area is 136 Å². The summed E-state index contributed by atoms with van der Waals surface area (Å²) in [5.74, 6) is -0.215. The third-order valence-electron chi connectivity index (χ3n) is 4.16. The Morgan fingerprint density at radius 2 is 2.14 bits per heavy atom. The molecule has 22 heavy (non-hydrogen) atoms. The van der Waals surface area contributed by atoms with Crippen LogP contribution in [0.1, 0.15) is 18.4 Å². The van der Waals surface area contributed by atoms with Gasteiger partial charge in [0.05, 0.1) is 11.9 Å². The molecule has 0 spiro atoms. The third-order valence-corrected chi connectivity index (χ3v) is 4.16. The molecule has 1 saturated heterocycles. The Morgan fingerprint density at radius 1 is 1.36 bits per heavy atom. The van der Waals surface area contributed by atoms with Crippen molar-refractivity contribution in [2.75, 3.05) is 20.1 Å². The van der Waals surface area contributed by atoms with Crippen LogP contribution in [0.3, 0.4) is 0 Å². The minimum atomic E-state index is -0.215. The van der Waals surface area contributed by atoms with Crippen LogP contribution in [-0.4, -0.2) is 41.3 Å². The SMILES string of the molecule is CNC1CCCN(Cc2cn[nH]c2-c2ccc(F)cc2)C1.Cl. The highest BCUT2D eigenvalue weighted by atomic mass is 35.5. The number of aromatic nitrogens is 2. The van der Waals surface area contributed by atoms with Gasteiger partial charge in [0.2, 0.25) is 0 Å². The molecule has 6 heteroatoms. The zero-order valence-corrected chi connectivity index (χ0v) is 13.5. The monoisotopic (exact) mass is 324 g/mol.